The molecule has 0 bridgehead atoms. The summed E-state index contributed by atoms with van der Waals surface area (Å²) in [6, 6.07) is 0. The molecule has 92 valence electrons. The maximum Gasteiger partial charge on any atom is 0.239 e. The molecule has 0 aromatic carbocycles. The van der Waals surface area contributed by atoms with E-state index in [1.165, 1.54) is 0 Å². The summed E-state index contributed by atoms with van der Waals surface area (Å²) >= 11 is 23.5. The molecule has 0 radical (unpaired) electrons. The molecular weight excluding hydrogens is 308 g/mol. The summed E-state index contributed by atoms with van der Waals surface area (Å²) in [6.07, 6.45) is 2.11. The minimum atomic E-state index is -1.48. The Balaban J connectivity index is 3.32. The highest BCUT2D eigenvalue weighted by Crippen LogP contribution is 2.20. The van der Waals surface area contributed by atoms with Crippen LogP contribution in [0.15, 0.2) is 0 Å². The molecule has 2 atom stereocenters. The minimum absolute atomic E-state index is 0.474. The average Bonchev–Trinajstić information content (AvgIpc) is 2.16. The van der Waals surface area contributed by atoms with E-state index in [0.717, 1.165) is 25.9 Å². The first-order valence-electron chi connectivity index (χ1n) is 5.22. The lowest BCUT2D eigenvalue weighted by atomic mass is 10.3. The van der Waals surface area contributed by atoms with Gasteiger partial charge in [0.05, 0.1) is 0 Å². The molecule has 0 rings (SSSR count). The van der Waals surface area contributed by atoms with Crippen LogP contribution in [0, 0.1) is 0 Å². The third-order valence-corrected chi connectivity index (χ3v) is 9.96. The second kappa shape index (κ2) is 9.57. The number of hydrogen-bond donors (Lipinski definition) is 1. The Morgan fingerprint density at radius 2 is 1.20 bits per heavy atom. The zero-order valence-corrected chi connectivity index (χ0v) is 14.5. The summed E-state index contributed by atoms with van der Waals surface area (Å²) in [7, 11) is -2.97. The summed E-state index contributed by atoms with van der Waals surface area (Å²) < 4.78 is 0. The van der Waals surface area contributed by atoms with E-state index in [-0.39, 0.29) is 0 Å². The zero-order chi connectivity index (χ0) is 11.8. The van der Waals surface area contributed by atoms with Gasteiger partial charge in [0.15, 0.2) is 0 Å². The highest BCUT2D eigenvalue weighted by atomic mass is 35.7. The molecule has 1 nitrogen and oxygen atoms in total. The number of nitrogens with one attached hydrogen (secondary N) is 1. The van der Waals surface area contributed by atoms with Crippen LogP contribution in [0.25, 0.3) is 0 Å². The van der Waals surface area contributed by atoms with Gasteiger partial charge in [-0.1, -0.05) is 13.8 Å². The van der Waals surface area contributed by atoms with Crippen LogP contribution in [0.3, 0.4) is 0 Å². The zero-order valence-electron chi connectivity index (χ0n) is 9.15. The van der Waals surface area contributed by atoms with Crippen LogP contribution in [0.1, 0.15) is 26.7 Å². The van der Waals surface area contributed by atoms with Crippen LogP contribution in [-0.2, 0) is 0 Å². The van der Waals surface area contributed by atoms with Gasteiger partial charge in [-0.25, -0.2) is 0 Å². The molecule has 0 aromatic rings. The van der Waals surface area contributed by atoms with Gasteiger partial charge in [0.1, 0.15) is 0 Å². The quantitative estimate of drug-likeness (QED) is 0.409. The Kier molecular flexibility index (Phi) is 10.6. The van der Waals surface area contributed by atoms with Crippen molar-refractivity contribution in [1.82, 2.24) is 5.32 Å². The highest BCUT2D eigenvalue weighted by molar-refractivity contribution is 7.34. The predicted molar refractivity (Wildman–Crippen MR) is 78.7 cm³/mol. The smallest absolute Gasteiger partial charge is 0.239 e. The summed E-state index contributed by atoms with van der Waals surface area (Å²) in [4.78, 5) is 0. The van der Waals surface area contributed by atoms with Crippen LogP contribution in [0.4, 0.5) is 0 Å². The lowest BCUT2D eigenvalue weighted by molar-refractivity contribution is 0.609. The molecule has 0 saturated carbocycles. The Morgan fingerprint density at radius 1 is 0.867 bits per heavy atom. The van der Waals surface area contributed by atoms with Crippen LogP contribution in [0.2, 0.25) is 11.1 Å². The standard InChI is InChI=1S/C8H19Cl4NSi2/c1-7(14(9)10)3-5-13-6-4-8(2)15(11)12/h7-8,13-15H,3-6H2,1-2H3. The maximum atomic E-state index is 5.88. The van der Waals surface area contributed by atoms with Gasteiger partial charge in [-0.15, -0.1) is 0 Å². The van der Waals surface area contributed by atoms with E-state index >= 15 is 0 Å². The second-order valence-electron chi connectivity index (χ2n) is 3.95. The van der Waals surface area contributed by atoms with E-state index in [1.807, 2.05) is 0 Å². The molecule has 0 spiro atoms. The Labute approximate surface area is 115 Å². The molecule has 0 aliphatic heterocycles. The summed E-state index contributed by atoms with van der Waals surface area (Å²) in [5.41, 5.74) is 0.947. The van der Waals surface area contributed by atoms with Crippen molar-refractivity contribution < 1.29 is 0 Å². The third-order valence-electron chi connectivity index (χ3n) is 2.41. The van der Waals surface area contributed by atoms with Crippen molar-refractivity contribution in [2.75, 3.05) is 13.1 Å². The molecule has 0 aromatic heterocycles. The van der Waals surface area contributed by atoms with E-state index in [4.69, 9.17) is 44.3 Å². The Bertz CT molecular complexity index is 144. The van der Waals surface area contributed by atoms with Crippen molar-refractivity contribution in [2.24, 2.45) is 0 Å². The van der Waals surface area contributed by atoms with Crippen LogP contribution in [0.5, 0.6) is 0 Å². The molecule has 0 aliphatic rings. The molecular formula is C8H19Cl4NSi2. The second-order valence-corrected chi connectivity index (χ2v) is 14.5. The van der Waals surface area contributed by atoms with E-state index < -0.39 is 14.8 Å². The predicted octanol–water partition coefficient (Wildman–Crippen LogP) is 3.53. The fraction of sp³-hybridized carbons (Fsp3) is 1.00. The van der Waals surface area contributed by atoms with Crippen molar-refractivity contribution in [1.29, 1.82) is 0 Å². The fourth-order valence-electron chi connectivity index (χ4n) is 1.04. The van der Waals surface area contributed by atoms with Crippen LogP contribution >= 0.6 is 44.3 Å². The SMILES string of the molecule is CC(CCNCCC(C)[SiH](Cl)Cl)[SiH](Cl)Cl. The first-order chi connectivity index (χ1) is 6.95. The van der Waals surface area contributed by atoms with E-state index in [0.29, 0.717) is 11.1 Å². The van der Waals surface area contributed by atoms with Gasteiger partial charge in [-0.2, -0.15) is 44.3 Å². The molecule has 0 fully saturated rings. The van der Waals surface area contributed by atoms with Crippen LogP contribution < -0.4 is 5.32 Å². The number of halogens is 4. The molecule has 7 heteroatoms. The average molecular weight is 327 g/mol. The lowest BCUT2D eigenvalue weighted by Gasteiger charge is -2.13. The maximum absolute atomic E-state index is 5.88. The van der Waals surface area contributed by atoms with Crippen LogP contribution in [-0.4, -0.2) is 27.9 Å². The van der Waals surface area contributed by atoms with Crippen molar-refractivity contribution in [2.45, 2.75) is 37.8 Å². The van der Waals surface area contributed by atoms with Crippen molar-refractivity contribution in [3.63, 3.8) is 0 Å². The first kappa shape index (κ1) is 16.6. The third kappa shape index (κ3) is 9.27. The number of rotatable bonds is 8. The van der Waals surface area contributed by atoms with E-state index in [1.54, 1.807) is 0 Å². The Hall–Kier alpha value is 1.55. The fourth-order valence-corrected chi connectivity index (χ4v) is 3.39. The highest BCUT2D eigenvalue weighted by Gasteiger charge is 2.14. The van der Waals surface area contributed by atoms with Crippen molar-refractivity contribution >= 4 is 59.1 Å². The molecule has 15 heavy (non-hydrogen) atoms. The van der Waals surface area contributed by atoms with Gasteiger partial charge >= 0.3 is 0 Å². The normalized spacial score (nSPS) is 16.0. The summed E-state index contributed by atoms with van der Waals surface area (Å²) in [6.45, 7) is 6.19. The summed E-state index contributed by atoms with van der Waals surface area (Å²) in [5.74, 6) is 0. The van der Waals surface area contributed by atoms with Crippen molar-refractivity contribution in [3.05, 3.63) is 0 Å². The molecule has 0 aliphatic carbocycles. The van der Waals surface area contributed by atoms with Gasteiger partial charge < -0.3 is 5.32 Å². The first-order valence-corrected chi connectivity index (χ1v) is 13.5. The van der Waals surface area contributed by atoms with E-state index in [2.05, 4.69) is 19.2 Å². The van der Waals surface area contributed by atoms with Crippen molar-refractivity contribution in [3.8, 4) is 0 Å². The monoisotopic (exact) mass is 325 g/mol. The largest absolute Gasteiger partial charge is 0.317 e. The summed E-state index contributed by atoms with van der Waals surface area (Å²) in [5, 5.41) is 3.37. The molecule has 0 heterocycles. The minimum Gasteiger partial charge on any atom is -0.317 e. The lowest BCUT2D eigenvalue weighted by Crippen LogP contribution is -2.21. The Morgan fingerprint density at radius 3 is 1.47 bits per heavy atom. The number of hydrogen-bond acceptors (Lipinski definition) is 1. The molecule has 0 amide bonds. The molecule has 2 unspecified atom stereocenters. The molecule has 0 saturated heterocycles. The molecule has 1 N–H and O–H groups in total. The van der Waals surface area contributed by atoms with Gasteiger partial charge in [-0.05, 0) is 37.0 Å². The van der Waals surface area contributed by atoms with Gasteiger partial charge in [0.25, 0.3) is 0 Å². The topological polar surface area (TPSA) is 12.0 Å². The van der Waals surface area contributed by atoms with E-state index in [9.17, 15) is 0 Å². The van der Waals surface area contributed by atoms with Gasteiger partial charge in [0.2, 0.25) is 14.8 Å². The van der Waals surface area contributed by atoms with Gasteiger partial charge in [0, 0.05) is 0 Å². The van der Waals surface area contributed by atoms with Gasteiger partial charge in [-0.3, -0.25) is 0 Å².